The van der Waals surface area contributed by atoms with E-state index in [2.05, 4.69) is 6.58 Å². The first kappa shape index (κ1) is 15.0. The van der Waals surface area contributed by atoms with E-state index in [1.54, 1.807) is 20.1 Å². The molecule has 4 nitrogen and oxygen atoms in total. The fourth-order valence-electron chi connectivity index (χ4n) is 1.92. The number of ether oxygens (including phenoxy) is 2. The van der Waals surface area contributed by atoms with Gasteiger partial charge < -0.3 is 9.47 Å². The number of esters is 1. The molecule has 1 atom stereocenters. The molecule has 1 aromatic rings. The van der Waals surface area contributed by atoms with Crippen molar-refractivity contribution < 1.29 is 19.1 Å². The van der Waals surface area contributed by atoms with Crippen molar-refractivity contribution in [2.75, 3.05) is 7.11 Å². The fraction of sp³-hybridized carbons (Fsp3) is 0.333. The van der Waals surface area contributed by atoms with E-state index < -0.39 is 11.6 Å². The molecule has 0 radical (unpaired) electrons. The van der Waals surface area contributed by atoms with Crippen LogP contribution in [0.5, 0.6) is 5.75 Å². The molecule has 0 aliphatic rings. The Morgan fingerprint density at radius 3 is 2.53 bits per heavy atom. The highest BCUT2D eigenvalue weighted by Crippen LogP contribution is 2.26. The van der Waals surface area contributed by atoms with Crippen molar-refractivity contribution in [3.8, 4) is 5.75 Å². The van der Waals surface area contributed by atoms with E-state index in [-0.39, 0.29) is 12.2 Å². The summed E-state index contributed by atoms with van der Waals surface area (Å²) in [5.41, 5.74) is -0.466. The van der Waals surface area contributed by atoms with Crippen LogP contribution in [-0.2, 0) is 20.7 Å². The van der Waals surface area contributed by atoms with E-state index in [0.29, 0.717) is 5.75 Å². The van der Waals surface area contributed by atoms with Gasteiger partial charge in [0.25, 0.3) is 0 Å². The third-order valence-corrected chi connectivity index (χ3v) is 2.80. The monoisotopic (exact) mass is 262 g/mol. The molecular formula is C15H18O4. The van der Waals surface area contributed by atoms with Gasteiger partial charge >= 0.3 is 5.97 Å². The lowest BCUT2D eigenvalue weighted by atomic mass is 9.91. The van der Waals surface area contributed by atoms with Crippen LogP contribution in [0.4, 0.5) is 0 Å². The maximum atomic E-state index is 11.9. The van der Waals surface area contributed by atoms with Crippen LogP contribution in [0.2, 0.25) is 0 Å². The van der Waals surface area contributed by atoms with Crippen molar-refractivity contribution >= 4 is 11.8 Å². The summed E-state index contributed by atoms with van der Waals surface area (Å²) in [6, 6.07) is 7.30. The minimum Gasteiger partial charge on any atom is -0.496 e. The molecule has 0 bridgehead atoms. The minimum atomic E-state index is -1.26. The predicted molar refractivity (Wildman–Crippen MR) is 72.1 cm³/mol. The maximum Gasteiger partial charge on any atom is 0.303 e. The van der Waals surface area contributed by atoms with E-state index in [1.165, 1.54) is 13.0 Å². The Hall–Kier alpha value is -2.10. The smallest absolute Gasteiger partial charge is 0.303 e. The molecule has 1 unspecified atom stereocenters. The number of hydrogen-bond acceptors (Lipinski definition) is 4. The van der Waals surface area contributed by atoms with Crippen LogP contribution in [0.15, 0.2) is 36.9 Å². The molecular weight excluding hydrogens is 244 g/mol. The van der Waals surface area contributed by atoms with Gasteiger partial charge in [0.15, 0.2) is 11.4 Å². The van der Waals surface area contributed by atoms with Crippen molar-refractivity contribution in [3.05, 3.63) is 42.5 Å². The molecule has 4 heteroatoms. The van der Waals surface area contributed by atoms with Crippen LogP contribution in [0.1, 0.15) is 19.4 Å². The zero-order valence-electron chi connectivity index (χ0n) is 11.4. The highest BCUT2D eigenvalue weighted by molar-refractivity contribution is 5.97. The summed E-state index contributed by atoms with van der Waals surface area (Å²) in [6.07, 6.45) is 1.40. The normalized spacial score (nSPS) is 13.2. The molecule has 0 fully saturated rings. The van der Waals surface area contributed by atoms with Gasteiger partial charge in [0, 0.05) is 13.3 Å². The lowest BCUT2D eigenvalue weighted by Gasteiger charge is -2.27. The fourth-order valence-corrected chi connectivity index (χ4v) is 1.92. The van der Waals surface area contributed by atoms with Gasteiger partial charge in [-0.25, -0.2) is 0 Å². The molecule has 0 amide bonds. The predicted octanol–water partition coefficient (Wildman–Crippen LogP) is 2.31. The Morgan fingerprint density at radius 1 is 1.37 bits per heavy atom. The van der Waals surface area contributed by atoms with E-state index in [9.17, 15) is 9.59 Å². The van der Waals surface area contributed by atoms with Crippen molar-refractivity contribution in [2.24, 2.45) is 0 Å². The molecule has 0 spiro atoms. The summed E-state index contributed by atoms with van der Waals surface area (Å²) in [6.45, 7) is 6.30. The van der Waals surface area contributed by atoms with Gasteiger partial charge in [0.2, 0.25) is 0 Å². The molecule has 0 aromatic heterocycles. The van der Waals surface area contributed by atoms with Crippen molar-refractivity contribution in [3.63, 3.8) is 0 Å². The summed E-state index contributed by atoms with van der Waals surface area (Å²) in [5.74, 6) is -0.195. The Morgan fingerprint density at radius 2 is 2.00 bits per heavy atom. The molecule has 0 saturated carbocycles. The number of carbonyl (C=O) groups excluding carboxylic acids is 2. The molecule has 0 aliphatic heterocycles. The van der Waals surface area contributed by atoms with E-state index in [4.69, 9.17) is 9.47 Å². The topological polar surface area (TPSA) is 52.6 Å². The van der Waals surface area contributed by atoms with Gasteiger partial charge in [-0.15, -0.1) is 0 Å². The summed E-state index contributed by atoms with van der Waals surface area (Å²) in [5, 5.41) is 0. The van der Waals surface area contributed by atoms with Gasteiger partial charge in [-0.3, -0.25) is 9.59 Å². The van der Waals surface area contributed by atoms with Crippen molar-refractivity contribution in [1.82, 2.24) is 0 Å². The van der Waals surface area contributed by atoms with Gasteiger partial charge in [-0.2, -0.15) is 0 Å². The van der Waals surface area contributed by atoms with Gasteiger partial charge in [-0.1, -0.05) is 24.8 Å². The number of para-hydroxylation sites is 1. The SMILES string of the molecule is C=CC(=O)C(C)(Cc1ccccc1OC)OC(C)=O. The number of hydrogen-bond donors (Lipinski definition) is 0. The average Bonchev–Trinajstić information content (AvgIpc) is 2.37. The van der Waals surface area contributed by atoms with E-state index >= 15 is 0 Å². The van der Waals surface area contributed by atoms with Gasteiger partial charge in [0.1, 0.15) is 5.75 Å². The molecule has 19 heavy (non-hydrogen) atoms. The summed E-state index contributed by atoms with van der Waals surface area (Å²) in [4.78, 5) is 23.1. The molecule has 0 heterocycles. The third-order valence-electron chi connectivity index (χ3n) is 2.80. The Labute approximate surface area is 113 Å². The lowest BCUT2D eigenvalue weighted by Crippen LogP contribution is -2.41. The summed E-state index contributed by atoms with van der Waals surface area (Å²) >= 11 is 0. The van der Waals surface area contributed by atoms with E-state index in [1.807, 2.05) is 18.2 Å². The van der Waals surface area contributed by atoms with Crippen molar-refractivity contribution in [2.45, 2.75) is 25.9 Å². The lowest BCUT2D eigenvalue weighted by molar-refractivity contribution is -0.161. The second kappa shape index (κ2) is 6.18. The molecule has 0 saturated heterocycles. The zero-order chi connectivity index (χ0) is 14.5. The van der Waals surface area contributed by atoms with Crippen LogP contribution in [0, 0.1) is 0 Å². The summed E-state index contributed by atoms with van der Waals surface area (Å²) < 4.78 is 10.4. The van der Waals surface area contributed by atoms with Crippen LogP contribution in [-0.4, -0.2) is 24.5 Å². The molecule has 102 valence electrons. The summed E-state index contributed by atoms with van der Waals surface area (Å²) in [7, 11) is 1.55. The Kier molecular flexibility index (Phi) is 4.87. The van der Waals surface area contributed by atoms with E-state index in [0.717, 1.165) is 5.56 Å². The first-order valence-electron chi connectivity index (χ1n) is 5.91. The van der Waals surface area contributed by atoms with Crippen LogP contribution in [0.3, 0.4) is 0 Å². The highest BCUT2D eigenvalue weighted by atomic mass is 16.6. The number of rotatable bonds is 6. The van der Waals surface area contributed by atoms with Crippen molar-refractivity contribution in [1.29, 1.82) is 0 Å². The van der Waals surface area contributed by atoms with Gasteiger partial charge in [0.05, 0.1) is 7.11 Å². The first-order chi connectivity index (χ1) is 8.92. The second-order valence-corrected chi connectivity index (χ2v) is 4.38. The van der Waals surface area contributed by atoms with Crippen LogP contribution < -0.4 is 4.74 Å². The Bertz CT molecular complexity index is 493. The number of benzene rings is 1. The largest absolute Gasteiger partial charge is 0.496 e. The molecule has 1 aromatic carbocycles. The average molecular weight is 262 g/mol. The number of ketones is 1. The molecule has 0 aliphatic carbocycles. The molecule has 1 rings (SSSR count). The van der Waals surface area contributed by atoms with Gasteiger partial charge in [-0.05, 0) is 24.6 Å². The van der Waals surface area contributed by atoms with Crippen LogP contribution in [0.25, 0.3) is 0 Å². The Balaban J connectivity index is 3.10. The number of carbonyl (C=O) groups is 2. The highest BCUT2D eigenvalue weighted by Gasteiger charge is 2.35. The quantitative estimate of drug-likeness (QED) is 0.583. The maximum absolute atomic E-state index is 11.9. The number of methoxy groups -OCH3 is 1. The standard InChI is InChI=1S/C15H18O4/c1-5-14(17)15(3,19-11(2)16)10-12-8-6-7-9-13(12)18-4/h5-9H,1,10H2,2-4H3. The first-order valence-corrected chi connectivity index (χ1v) is 5.91. The minimum absolute atomic E-state index is 0.238. The second-order valence-electron chi connectivity index (χ2n) is 4.38. The third kappa shape index (κ3) is 3.68. The zero-order valence-corrected chi connectivity index (χ0v) is 11.4. The van der Waals surface area contributed by atoms with Crippen LogP contribution >= 0.6 is 0 Å². The molecule has 0 N–H and O–H groups in total.